The number of hydrogen-bond acceptors (Lipinski definition) is 7. The summed E-state index contributed by atoms with van der Waals surface area (Å²) in [6.07, 6.45) is 2.66. The highest BCUT2D eigenvalue weighted by Crippen LogP contribution is 2.35. The standard InChI is InChI=1S/C22H20N4O4/c1-15-23-12-16(13-24-15)14-29-19-10-8-17(9-11-19)22(2)20(27)26(21(28)30-22)25-18-6-4-3-5-7-18/h3-13,25H,14H2,1-2H3. The minimum atomic E-state index is -1.43. The average Bonchev–Trinajstić information content (AvgIpc) is 2.98. The summed E-state index contributed by atoms with van der Waals surface area (Å²) in [4.78, 5) is 33.5. The largest absolute Gasteiger partial charge is 0.489 e. The number of hydrazine groups is 1. The first-order valence-electron chi connectivity index (χ1n) is 9.36. The highest BCUT2D eigenvalue weighted by Gasteiger charge is 2.52. The number of nitrogens with one attached hydrogen (secondary N) is 1. The van der Waals surface area contributed by atoms with Crippen molar-refractivity contribution in [3.05, 3.63) is 83.9 Å². The smallest absolute Gasteiger partial charge is 0.437 e. The van der Waals surface area contributed by atoms with E-state index in [9.17, 15) is 9.59 Å². The van der Waals surface area contributed by atoms with Crippen LogP contribution in [0.4, 0.5) is 10.5 Å². The summed E-state index contributed by atoms with van der Waals surface area (Å²) >= 11 is 0. The topological polar surface area (TPSA) is 93.7 Å². The van der Waals surface area contributed by atoms with Crippen LogP contribution in [0, 0.1) is 6.92 Å². The first-order chi connectivity index (χ1) is 14.5. The fraction of sp³-hybridized carbons (Fsp3) is 0.182. The van der Waals surface area contributed by atoms with E-state index in [0.29, 0.717) is 29.4 Å². The van der Waals surface area contributed by atoms with Crippen LogP contribution in [0.25, 0.3) is 0 Å². The third-order valence-corrected chi connectivity index (χ3v) is 4.74. The molecule has 0 bridgehead atoms. The Kier molecular flexibility index (Phi) is 5.05. The zero-order valence-electron chi connectivity index (χ0n) is 16.5. The van der Waals surface area contributed by atoms with Gasteiger partial charge in [0.2, 0.25) is 5.60 Å². The average molecular weight is 404 g/mol. The van der Waals surface area contributed by atoms with Gasteiger partial charge in [-0.05, 0) is 38.1 Å². The van der Waals surface area contributed by atoms with E-state index in [4.69, 9.17) is 9.47 Å². The lowest BCUT2D eigenvalue weighted by molar-refractivity contribution is -0.135. The Hall–Kier alpha value is -3.94. The number of amides is 2. The van der Waals surface area contributed by atoms with E-state index < -0.39 is 17.6 Å². The van der Waals surface area contributed by atoms with Crippen molar-refractivity contribution in [2.45, 2.75) is 26.1 Å². The number of carbonyl (C=O) groups excluding carboxylic acids is 2. The molecule has 152 valence electrons. The molecule has 1 aliphatic heterocycles. The van der Waals surface area contributed by atoms with Crippen molar-refractivity contribution >= 4 is 17.7 Å². The van der Waals surface area contributed by atoms with Gasteiger partial charge in [-0.15, -0.1) is 5.01 Å². The van der Waals surface area contributed by atoms with Crippen molar-refractivity contribution in [3.8, 4) is 5.75 Å². The highest BCUT2D eigenvalue weighted by atomic mass is 16.6. The molecular weight excluding hydrogens is 384 g/mol. The van der Waals surface area contributed by atoms with Gasteiger partial charge >= 0.3 is 6.09 Å². The number of rotatable bonds is 6. The second-order valence-corrected chi connectivity index (χ2v) is 6.97. The molecule has 0 saturated carbocycles. The fourth-order valence-corrected chi connectivity index (χ4v) is 3.01. The molecule has 1 atom stereocenters. The number of anilines is 1. The van der Waals surface area contributed by atoms with E-state index in [1.54, 1.807) is 67.8 Å². The monoisotopic (exact) mass is 404 g/mol. The molecule has 1 N–H and O–H groups in total. The molecule has 4 rings (SSSR count). The lowest BCUT2D eigenvalue weighted by atomic mass is 9.95. The van der Waals surface area contributed by atoms with Gasteiger partial charge in [0.05, 0.1) is 5.69 Å². The van der Waals surface area contributed by atoms with Crippen molar-refractivity contribution in [1.82, 2.24) is 15.0 Å². The molecule has 1 aromatic heterocycles. The van der Waals surface area contributed by atoms with Gasteiger partial charge in [0.15, 0.2) is 0 Å². The lowest BCUT2D eigenvalue weighted by Gasteiger charge is -2.21. The predicted octanol–water partition coefficient (Wildman–Crippen LogP) is 3.59. The van der Waals surface area contributed by atoms with E-state index in [1.807, 2.05) is 13.0 Å². The molecule has 1 saturated heterocycles. The Bertz CT molecular complexity index is 1050. The number of ether oxygens (including phenoxy) is 2. The third-order valence-electron chi connectivity index (χ3n) is 4.74. The number of cyclic esters (lactones) is 1. The van der Waals surface area contributed by atoms with Crippen molar-refractivity contribution in [3.63, 3.8) is 0 Å². The maximum absolute atomic E-state index is 12.9. The van der Waals surface area contributed by atoms with Gasteiger partial charge in [0.25, 0.3) is 5.91 Å². The summed E-state index contributed by atoms with van der Waals surface area (Å²) in [7, 11) is 0. The van der Waals surface area contributed by atoms with Crippen molar-refractivity contribution in [1.29, 1.82) is 0 Å². The molecule has 2 amide bonds. The minimum absolute atomic E-state index is 0.319. The molecule has 2 heterocycles. The van der Waals surface area contributed by atoms with Gasteiger partial charge in [-0.3, -0.25) is 10.2 Å². The molecule has 0 aliphatic carbocycles. The van der Waals surface area contributed by atoms with Crippen LogP contribution in [-0.4, -0.2) is 27.0 Å². The predicted molar refractivity (Wildman–Crippen MR) is 108 cm³/mol. The Morgan fingerprint density at radius 2 is 1.70 bits per heavy atom. The molecule has 30 heavy (non-hydrogen) atoms. The van der Waals surface area contributed by atoms with Gasteiger partial charge in [0.1, 0.15) is 18.2 Å². The molecular formula is C22H20N4O4. The molecule has 8 nitrogen and oxygen atoms in total. The van der Waals surface area contributed by atoms with Gasteiger partial charge in [-0.1, -0.05) is 30.3 Å². The molecule has 8 heteroatoms. The summed E-state index contributed by atoms with van der Waals surface area (Å²) in [6.45, 7) is 3.70. The van der Waals surface area contributed by atoms with E-state index in [1.165, 1.54) is 0 Å². The highest BCUT2D eigenvalue weighted by molar-refractivity contribution is 6.04. The molecule has 1 fully saturated rings. The molecule has 0 radical (unpaired) electrons. The lowest BCUT2D eigenvalue weighted by Crippen LogP contribution is -2.40. The summed E-state index contributed by atoms with van der Waals surface area (Å²) in [5.41, 5.74) is 3.36. The third kappa shape index (κ3) is 3.80. The fourth-order valence-electron chi connectivity index (χ4n) is 3.01. The van der Waals surface area contributed by atoms with Crippen LogP contribution in [0.1, 0.15) is 23.9 Å². The van der Waals surface area contributed by atoms with Crippen LogP contribution in [0.2, 0.25) is 0 Å². The second-order valence-electron chi connectivity index (χ2n) is 6.97. The Morgan fingerprint density at radius 1 is 1.03 bits per heavy atom. The van der Waals surface area contributed by atoms with Crippen molar-refractivity contribution in [2.75, 3.05) is 5.43 Å². The Morgan fingerprint density at radius 3 is 2.37 bits per heavy atom. The van der Waals surface area contributed by atoms with Crippen molar-refractivity contribution < 1.29 is 19.1 Å². The first kappa shape index (κ1) is 19.4. The summed E-state index contributed by atoms with van der Waals surface area (Å²) in [5, 5.41) is 0.886. The molecule has 3 aromatic rings. The van der Waals surface area contributed by atoms with Crippen LogP contribution in [-0.2, 0) is 21.7 Å². The van der Waals surface area contributed by atoms with Crippen LogP contribution in [0.3, 0.4) is 0 Å². The zero-order valence-corrected chi connectivity index (χ0v) is 16.5. The number of para-hydroxylation sites is 1. The van der Waals surface area contributed by atoms with E-state index in [-0.39, 0.29) is 0 Å². The van der Waals surface area contributed by atoms with Crippen LogP contribution in [0.5, 0.6) is 5.75 Å². The van der Waals surface area contributed by atoms with Crippen LogP contribution >= 0.6 is 0 Å². The molecule has 1 unspecified atom stereocenters. The van der Waals surface area contributed by atoms with E-state index in [0.717, 1.165) is 10.6 Å². The van der Waals surface area contributed by atoms with Gasteiger partial charge < -0.3 is 9.47 Å². The van der Waals surface area contributed by atoms with Crippen LogP contribution in [0.15, 0.2) is 67.0 Å². The van der Waals surface area contributed by atoms with E-state index >= 15 is 0 Å². The molecule has 0 spiro atoms. The van der Waals surface area contributed by atoms with Gasteiger partial charge in [0, 0.05) is 23.5 Å². The quantitative estimate of drug-likeness (QED) is 0.671. The zero-order chi connectivity index (χ0) is 21.1. The summed E-state index contributed by atoms with van der Waals surface area (Å²) in [5.74, 6) is 0.809. The number of aryl methyl sites for hydroxylation is 1. The number of aromatic nitrogens is 2. The number of hydrogen-bond donors (Lipinski definition) is 1. The Balaban J connectivity index is 1.45. The summed E-state index contributed by atoms with van der Waals surface area (Å²) < 4.78 is 11.2. The number of carbonyl (C=O) groups is 2. The second kappa shape index (κ2) is 7.82. The summed E-state index contributed by atoms with van der Waals surface area (Å²) in [6, 6.07) is 15.8. The molecule has 1 aliphatic rings. The van der Waals surface area contributed by atoms with Gasteiger partial charge in [-0.2, -0.15) is 0 Å². The van der Waals surface area contributed by atoms with Crippen LogP contribution < -0.4 is 10.2 Å². The normalized spacial score (nSPS) is 18.3. The maximum atomic E-state index is 12.9. The molecule has 2 aromatic carbocycles. The van der Waals surface area contributed by atoms with E-state index in [2.05, 4.69) is 15.4 Å². The number of imide groups is 1. The Labute approximate surface area is 173 Å². The van der Waals surface area contributed by atoms with Crippen molar-refractivity contribution in [2.24, 2.45) is 0 Å². The SMILES string of the molecule is Cc1ncc(COc2ccc(C3(C)OC(=O)N(Nc4ccccc4)C3=O)cc2)cn1. The number of benzene rings is 2. The maximum Gasteiger partial charge on any atom is 0.437 e. The first-order valence-corrected chi connectivity index (χ1v) is 9.36. The minimum Gasteiger partial charge on any atom is -0.489 e. The number of nitrogens with zero attached hydrogens (tertiary/aromatic N) is 3. The van der Waals surface area contributed by atoms with Gasteiger partial charge in [-0.25, -0.2) is 14.8 Å².